The van der Waals surface area contributed by atoms with Crippen LogP contribution in [-0.2, 0) is 21.8 Å². The average Bonchev–Trinajstić information content (AvgIpc) is 3.31. The summed E-state index contributed by atoms with van der Waals surface area (Å²) in [5.41, 5.74) is -0.170. The van der Waals surface area contributed by atoms with E-state index in [0.29, 0.717) is 43.6 Å². The second-order valence-electron chi connectivity index (χ2n) is 7.94. The van der Waals surface area contributed by atoms with Crippen molar-refractivity contribution in [2.45, 2.75) is 37.0 Å². The van der Waals surface area contributed by atoms with E-state index in [1.807, 2.05) is 18.5 Å². The minimum atomic E-state index is -3.61. The van der Waals surface area contributed by atoms with Gasteiger partial charge in [-0.3, -0.25) is 0 Å². The molecule has 0 aliphatic carbocycles. The van der Waals surface area contributed by atoms with Gasteiger partial charge in [-0.05, 0) is 48.9 Å². The fourth-order valence-corrected chi connectivity index (χ4v) is 5.98. The number of ether oxygens (including phenoxy) is 2. The van der Waals surface area contributed by atoms with E-state index in [0.717, 1.165) is 25.1 Å². The van der Waals surface area contributed by atoms with E-state index in [9.17, 15) is 8.42 Å². The van der Waals surface area contributed by atoms with Crippen molar-refractivity contribution in [2.75, 3.05) is 32.9 Å². The van der Waals surface area contributed by atoms with Gasteiger partial charge >= 0.3 is 0 Å². The Morgan fingerprint density at radius 2 is 1.97 bits per heavy atom. The van der Waals surface area contributed by atoms with Gasteiger partial charge in [0, 0.05) is 39.3 Å². The van der Waals surface area contributed by atoms with Crippen LogP contribution >= 0.6 is 0 Å². The van der Waals surface area contributed by atoms with Crippen LogP contribution in [-0.4, -0.2) is 60.4 Å². The van der Waals surface area contributed by atoms with Crippen LogP contribution in [0.25, 0.3) is 0 Å². The van der Waals surface area contributed by atoms with Crippen molar-refractivity contribution < 1.29 is 17.9 Å². The first-order valence-electron chi connectivity index (χ1n) is 10.1. The SMILES string of the molecule is CCCOc1ccc(S(=O)(=O)N2CC(c3nncn3C)C3(CCOCC3)C2)cc1. The Kier molecular flexibility index (Phi) is 5.63. The molecule has 0 saturated carbocycles. The Bertz CT molecular complexity index is 936. The molecule has 2 aliphatic heterocycles. The largest absolute Gasteiger partial charge is 0.494 e. The lowest BCUT2D eigenvalue weighted by Gasteiger charge is -2.37. The molecule has 2 fully saturated rings. The average molecular weight is 421 g/mol. The van der Waals surface area contributed by atoms with E-state index < -0.39 is 10.0 Å². The van der Waals surface area contributed by atoms with Crippen molar-refractivity contribution in [2.24, 2.45) is 12.5 Å². The smallest absolute Gasteiger partial charge is 0.243 e. The molecule has 1 spiro atoms. The van der Waals surface area contributed by atoms with E-state index in [2.05, 4.69) is 10.2 Å². The highest BCUT2D eigenvalue weighted by Crippen LogP contribution is 2.50. The summed E-state index contributed by atoms with van der Waals surface area (Å²) in [7, 11) is -1.70. The highest BCUT2D eigenvalue weighted by atomic mass is 32.2. The zero-order valence-electron chi connectivity index (χ0n) is 17.0. The summed E-state index contributed by atoms with van der Waals surface area (Å²) >= 11 is 0. The van der Waals surface area contributed by atoms with Gasteiger partial charge in [0.25, 0.3) is 0 Å². The van der Waals surface area contributed by atoms with Crippen LogP contribution in [0.1, 0.15) is 37.9 Å². The molecular formula is C20H28N4O4S. The molecule has 2 aromatic rings. The summed E-state index contributed by atoms with van der Waals surface area (Å²) in [6, 6.07) is 6.71. The molecule has 1 atom stereocenters. The van der Waals surface area contributed by atoms with Crippen LogP contribution in [0.3, 0.4) is 0 Å². The summed E-state index contributed by atoms with van der Waals surface area (Å²) in [4.78, 5) is 0.294. The van der Waals surface area contributed by atoms with Gasteiger partial charge in [0.1, 0.15) is 17.9 Å². The molecule has 9 heteroatoms. The minimum absolute atomic E-state index is 0.000774. The third-order valence-corrected chi connectivity index (χ3v) is 7.92. The highest BCUT2D eigenvalue weighted by Gasteiger charge is 2.52. The highest BCUT2D eigenvalue weighted by molar-refractivity contribution is 7.89. The maximum atomic E-state index is 13.4. The predicted octanol–water partition coefficient (Wildman–Crippen LogP) is 2.19. The van der Waals surface area contributed by atoms with Crippen LogP contribution in [0.4, 0.5) is 0 Å². The van der Waals surface area contributed by atoms with E-state index in [-0.39, 0.29) is 11.3 Å². The van der Waals surface area contributed by atoms with E-state index in [1.165, 1.54) is 0 Å². The number of rotatable bonds is 6. The van der Waals surface area contributed by atoms with Gasteiger partial charge in [-0.2, -0.15) is 4.31 Å². The molecule has 0 radical (unpaired) electrons. The lowest BCUT2D eigenvalue weighted by atomic mass is 9.72. The fourth-order valence-electron chi connectivity index (χ4n) is 4.43. The molecule has 1 aromatic heterocycles. The van der Waals surface area contributed by atoms with Crippen molar-refractivity contribution in [3.8, 4) is 5.75 Å². The number of sulfonamides is 1. The summed E-state index contributed by atoms with van der Waals surface area (Å²) in [6.45, 7) is 4.82. The zero-order valence-corrected chi connectivity index (χ0v) is 17.8. The van der Waals surface area contributed by atoms with Crippen LogP contribution in [0.15, 0.2) is 35.5 Å². The fraction of sp³-hybridized carbons (Fsp3) is 0.600. The molecule has 0 amide bonds. The van der Waals surface area contributed by atoms with E-state index in [4.69, 9.17) is 9.47 Å². The summed E-state index contributed by atoms with van der Waals surface area (Å²) < 4.78 is 41.5. The first-order valence-corrected chi connectivity index (χ1v) is 11.5. The Morgan fingerprint density at radius 1 is 1.24 bits per heavy atom. The number of aryl methyl sites for hydroxylation is 1. The molecule has 0 bridgehead atoms. The predicted molar refractivity (Wildman–Crippen MR) is 107 cm³/mol. The van der Waals surface area contributed by atoms with Crippen molar-refractivity contribution in [3.05, 3.63) is 36.4 Å². The summed E-state index contributed by atoms with van der Waals surface area (Å²) in [6.07, 6.45) is 4.22. The van der Waals surface area contributed by atoms with Gasteiger partial charge in [0.05, 0.1) is 11.5 Å². The molecule has 4 rings (SSSR count). The van der Waals surface area contributed by atoms with Crippen LogP contribution in [0.2, 0.25) is 0 Å². The molecule has 3 heterocycles. The number of hydrogen-bond donors (Lipinski definition) is 0. The molecule has 8 nitrogen and oxygen atoms in total. The molecule has 2 saturated heterocycles. The molecule has 158 valence electrons. The number of benzene rings is 1. The lowest BCUT2D eigenvalue weighted by molar-refractivity contribution is 0.0131. The lowest BCUT2D eigenvalue weighted by Crippen LogP contribution is -2.37. The Hall–Kier alpha value is -1.97. The van der Waals surface area contributed by atoms with Gasteiger partial charge in [0.2, 0.25) is 10.0 Å². The van der Waals surface area contributed by atoms with Crippen molar-refractivity contribution in [1.29, 1.82) is 0 Å². The van der Waals surface area contributed by atoms with Gasteiger partial charge < -0.3 is 14.0 Å². The molecule has 2 aliphatic rings. The number of hydrogen-bond acceptors (Lipinski definition) is 6. The quantitative estimate of drug-likeness (QED) is 0.712. The summed E-state index contributed by atoms with van der Waals surface area (Å²) in [5.74, 6) is 1.53. The van der Waals surface area contributed by atoms with Crippen LogP contribution in [0, 0.1) is 5.41 Å². The van der Waals surface area contributed by atoms with Gasteiger partial charge in [0.15, 0.2) is 0 Å². The number of aromatic nitrogens is 3. The third kappa shape index (κ3) is 3.78. The van der Waals surface area contributed by atoms with Crippen molar-refractivity contribution >= 4 is 10.0 Å². The Morgan fingerprint density at radius 3 is 2.59 bits per heavy atom. The van der Waals surface area contributed by atoms with E-state index in [1.54, 1.807) is 34.9 Å². The standard InChI is InChI=1S/C20H28N4O4S/c1-3-10-28-16-4-6-17(7-5-16)29(25,26)24-13-18(19-22-21-15-23(19)2)20(14-24)8-11-27-12-9-20/h4-7,15,18H,3,8-14H2,1-2H3. The maximum absolute atomic E-state index is 13.4. The van der Waals surface area contributed by atoms with Crippen LogP contribution in [0.5, 0.6) is 5.75 Å². The zero-order chi connectivity index (χ0) is 20.5. The van der Waals surface area contributed by atoms with Gasteiger partial charge in [-0.1, -0.05) is 6.92 Å². The summed E-state index contributed by atoms with van der Waals surface area (Å²) in [5, 5.41) is 8.33. The third-order valence-electron chi connectivity index (χ3n) is 6.10. The second kappa shape index (κ2) is 8.04. The van der Waals surface area contributed by atoms with Crippen molar-refractivity contribution in [3.63, 3.8) is 0 Å². The maximum Gasteiger partial charge on any atom is 0.243 e. The molecule has 1 unspecified atom stereocenters. The normalized spacial score (nSPS) is 22.2. The van der Waals surface area contributed by atoms with E-state index >= 15 is 0 Å². The Labute approximate surface area is 171 Å². The monoisotopic (exact) mass is 420 g/mol. The second-order valence-corrected chi connectivity index (χ2v) is 9.88. The Balaban J connectivity index is 1.62. The molecule has 29 heavy (non-hydrogen) atoms. The number of nitrogens with zero attached hydrogens (tertiary/aromatic N) is 4. The van der Waals surface area contributed by atoms with Crippen molar-refractivity contribution in [1.82, 2.24) is 19.1 Å². The molecular weight excluding hydrogens is 392 g/mol. The first kappa shape index (κ1) is 20.3. The molecule has 1 aromatic carbocycles. The molecule has 0 N–H and O–H groups in total. The first-order chi connectivity index (χ1) is 14.0. The van der Waals surface area contributed by atoms with Gasteiger partial charge in [-0.15, -0.1) is 10.2 Å². The topological polar surface area (TPSA) is 86.6 Å². The van der Waals surface area contributed by atoms with Crippen LogP contribution < -0.4 is 4.74 Å². The van der Waals surface area contributed by atoms with Gasteiger partial charge in [-0.25, -0.2) is 8.42 Å². The minimum Gasteiger partial charge on any atom is -0.494 e.